The van der Waals surface area contributed by atoms with Crippen LogP contribution in [0.5, 0.6) is 0 Å². The first kappa shape index (κ1) is 12.5. The van der Waals surface area contributed by atoms with Crippen LogP contribution in [0.2, 0.25) is 0 Å². The molecule has 2 N–H and O–H groups in total. The van der Waals surface area contributed by atoms with Gasteiger partial charge in [0.1, 0.15) is 0 Å². The maximum absolute atomic E-state index is 5.60. The summed E-state index contributed by atoms with van der Waals surface area (Å²) in [4.78, 5) is 6.52. The van der Waals surface area contributed by atoms with Crippen LogP contribution >= 0.6 is 27.3 Å². The van der Waals surface area contributed by atoms with Gasteiger partial charge in [-0.3, -0.25) is 9.88 Å². The van der Waals surface area contributed by atoms with E-state index >= 15 is 0 Å². The largest absolute Gasteiger partial charge is 0.397 e. The number of hydrogen-bond donors (Lipinski definition) is 1. The van der Waals surface area contributed by atoms with Crippen LogP contribution in [0.1, 0.15) is 11.3 Å². The molecule has 0 atom stereocenters. The molecule has 5 heteroatoms. The Kier molecular flexibility index (Phi) is 4.15. The summed E-state index contributed by atoms with van der Waals surface area (Å²) >= 11 is 5.18. The Hall–Kier alpha value is -0.910. The lowest BCUT2D eigenvalue weighted by atomic mass is 10.3. The zero-order valence-corrected chi connectivity index (χ0v) is 12.0. The highest BCUT2D eigenvalue weighted by Crippen LogP contribution is 2.21. The van der Waals surface area contributed by atoms with Crippen molar-refractivity contribution < 1.29 is 0 Å². The molecule has 0 spiro atoms. The zero-order valence-electron chi connectivity index (χ0n) is 9.56. The van der Waals surface area contributed by atoms with Gasteiger partial charge in [0.05, 0.1) is 21.4 Å². The number of aromatic nitrogens is 1. The SMILES string of the molecule is CN(Cc1csc(Br)c1)Cc1ccc(N)cn1. The van der Waals surface area contributed by atoms with Crippen molar-refractivity contribution in [2.45, 2.75) is 13.1 Å². The highest BCUT2D eigenvalue weighted by atomic mass is 79.9. The fraction of sp³-hybridized carbons (Fsp3) is 0.250. The molecule has 0 fully saturated rings. The van der Waals surface area contributed by atoms with Gasteiger partial charge in [0.2, 0.25) is 0 Å². The maximum atomic E-state index is 5.60. The van der Waals surface area contributed by atoms with Gasteiger partial charge < -0.3 is 5.73 Å². The van der Waals surface area contributed by atoms with E-state index in [4.69, 9.17) is 5.73 Å². The molecule has 0 unspecified atom stereocenters. The molecule has 0 radical (unpaired) electrons. The molecule has 3 nitrogen and oxygen atoms in total. The highest BCUT2D eigenvalue weighted by Gasteiger charge is 2.04. The first-order valence-electron chi connectivity index (χ1n) is 5.25. The molecule has 0 saturated heterocycles. The van der Waals surface area contributed by atoms with Crippen LogP contribution in [0.15, 0.2) is 33.6 Å². The molecule has 2 rings (SSSR count). The van der Waals surface area contributed by atoms with Crippen LogP contribution in [-0.4, -0.2) is 16.9 Å². The quantitative estimate of drug-likeness (QED) is 0.943. The minimum atomic E-state index is 0.707. The molecule has 2 aromatic rings. The van der Waals surface area contributed by atoms with E-state index in [1.807, 2.05) is 12.1 Å². The Labute approximate surface area is 113 Å². The van der Waals surface area contributed by atoms with E-state index < -0.39 is 0 Å². The van der Waals surface area contributed by atoms with Crippen molar-refractivity contribution in [3.8, 4) is 0 Å². The minimum Gasteiger partial charge on any atom is -0.397 e. The van der Waals surface area contributed by atoms with E-state index in [0.717, 1.165) is 18.8 Å². The van der Waals surface area contributed by atoms with E-state index in [1.54, 1.807) is 17.5 Å². The van der Waals surface area contributed by atoms with Crippen molar-refractivity contribution in [1.82, 2.24) is 9.88 Å². The Bertz CT molecular complexity index is 481. The van der Waals surface area contributed by atoms with Gasteiger partial charge in [-0.1, -0.05) is 0 Å². The van der Waals surface area contributed by atoms with Crippen molar-refractivity contribution in [3.05, 3.63) is 44.8 Å². The third-order valence-corrected chi connectivity index (χ3v) is 3.91. The van der Waals surface area contributed by atoms with Crippen LogP contribution < -0.4 is 5.73 Å². The molecule has 0 aromatic carbocycles. The molecule has 0 aliphatic heterocycles. The number of halogens is 1. The molecule has 17 heavy (non-hydrogen) atoms. The number of nitrogens with zero attached hydrogens (tertiary/aromatic N) is 2. The fourth-order valence-electron chi connectivity index (χ4n) is 1.60. The van der Waals surface area contributed by atoms with E-state index in [9.17, 15) is 0 Å². The normalized spacial score (nSPS) is 11.0. The summed E-state index contributed by atoms with van der Waals surface area (Å²) in [6.07, 6.45) is 1.70. The number of hydrogen-bond acceptors (Lipinski definition) is 4. The van der Waals surface area contributed by atoms with E-state index in [-0.39, 0.29) is 0 Å². The second-order valence-corrected chi connectivity index (χ2v) is 6.30. The van der Waals surface area contributed by atoms with E-state index in [0.29, 0.717) is 5.69 Å². The zero-order chi connectivity index (χ0) is 12.3. The Morgan fingerprint density at radius 1 is 1.41 bits per heavy atom. The molecule has 0 bridgehead atoms. The summed E-state index contributed by atoms with van der Waals surface area (Å²) in [6, 6.07) is 6.00. The summed E-state index contributed by atoms with van der Waals surface area (Å²) in [7, 11) is 2.09. The number of anilines is 1. The molecular formula is C12H14BrN3S. The molecular weight excluding hydrogens is 298 g/mol. The topological polar surface area (TPSA) is 42.1 Å². The number of rotatable bonds is 4. The predicted octanol–water partition coefficient (Wildman–Crippen LogP) is 3.12. The fourth-order valence-corrected chi connectivity index (χ4v) is 2.80. The molecule has 2 heterocycles. The highest BCUT2D eigenvalue weighted by molar-refractivity contribution is 9.11. The summed E-state index contributed by atoms with van der Waals surface area (Å²) in [5.74, 6) is 0. The van der Waals surface area contributed by atoms with Gasteiger partial charge >= 0.3 is 0 Å². The monoisotopic (exact) mass is 311 g/mol. The first-order chi connectivity index (χ1) is 8.13. The molecule has 90 valence electrons. The summed E-state index contributed by atoms with van der Waals surface area (Å²) < 4.78 is 1.17. The Morgan fingerprint density at radius 2 is 2.24 bits per heavy atom. The van der Waals surface area contributed by atoms with Crippen LogP contribution in [0, 0.1) is 0 Å². The number of nitrogens with two attached hydrogens (primary N) is 1. The maximum Gasteiger partial charge on any atom is 0.0701 e. The Morgan fingerprint density at radius 3 is 2.82 bits per heavy atom. The van der Waals surface area contributed by atoms with Crippen molar-refractivity contribution >= 4 is 33.0 Å². The predicted molar refractivity (Wildman–Crippen MR) is 75.8 cm³/mol. The molecule has 0 saturated carbocycles. The lowest BCUT2D eigenvalue weighted by Crippen LogP contribution is -2.17. The average molecular weight is 312 g/mol. The van der Waals surface area contributed by atoms with E-state index in [2.05, 4.69) is 44.3 Å². The van der Waals surface area contributed by atoms with Gasteiger partial charge in [0.25, 0.3) is 0 Å². The van der Waals surface area contributed by atoms with Gasteiger partial charge in [-0.05, 0) is 52.1 Å². The third-order valence-electron chi connectivity index (χ3n) is 2.35. The standard InChI is InChI=1S/C12H14BrN3S/c1-16(6-9-4-12(13)17-8-9)7-11-3-2-10(14)5-15-11/h2-5,8H,6-7,14H2,1H3. The van der Waals surface area contributed by atoms with Crippen LogP contribution in [-0.2, 0) is 13.1 Å². The number of pyridine rings is 1. The van der Waals surface area contributed by atoms with Crippen molar-refractivity contribution in [2.24, 2.45) is 0 Å². The van der Waals surface area contributed by atoms with E-state index in [1.165, 1.54) is 9.35 Å². The minimum absolute atomic E-state index is 0.707. The second kappa shape index (κ2) is 5.62. The average Bonchev–Trinajstić information content (AvgIpc) is 2.67. The number of nitrogen functional groups attached to an aromatic ring is 1. The van der Waals surface area contributed by atoms with Gasteiger partial charge in [-0.25, -0.2) is 0 Å². The lowest BCUT2D eigenvalue weighted by molar-refractivity contribution is 0.315. The smallest absolute Gasteiger partial charge is 0.0701 e. The molecule has 0 aliphatic rings. The van der Waals surface area contributed by atoms with Crippen LogP contribution in [0.3, 0.4) is 0 Å². The third kappa shape index (κ3) is 3.80. The van der Waals surface area contributed by atoms with Crippen molar-refractivity contribution in [1.29, 1.82) is 0 Å². The van der Waals surface area contributed by atoms with Crippen molar-refractivity contribution in [3.63, 3.8) is 0 Å². The molecule has 0 amide bonds. The summed E-state index contributed by atoms with van der Waals surface area (Å²) in [5.41, 5.74) is 8.67. The molecule has 0 aliphatic carbocycles. The van der Waals surface area contributed by atoms with Crippen LogP contribution in [0.4, 0.5) is 5.69 Å². The van der Waals surface area contributed by atoms with Crippen LogP contribution in [0.25, 0.3) is 0 Å². The number of thiophene rings is 1. The first-order valence-corrected chi connectivity index (χ1v) is 6.92. The lowest BCUT2D eigenvalue weighted by Gasteiger charge is -2.15. The summed E-state index contributed by atoms with van der Waals surface area (Å²) in [5, 5.41) is 2.16. The van der Waals surface area contributed by atoms with Gasteiger partial charge in [0.15, 0.2) is 0 Å². The second-order valence-electron chi connectivity index (χ2n) is 4.01. The Balaban J connectivity index is 1.93. The van der Waals surface area contributed by atoms with Gasteiger partial charge in [-0.2, -0.15) is 0 Å². The van der Waals surface area contributed by atoms with Gasteiger partial charge in [0, 0.05) is 13.1 Å². The van der Waals surface area contributed by atoms with Crippen molar-refractivity contribution in [2.75, 3.05) is 12.8 Å². The summed E-state index contributed by atoms with van der Waals surface area (Å²) in [6.45, 7) is 1.75. The van der Waals surface area contributed by atoms with Gasteiger partial charge in [-0.15, -0.1) is 11.3 Å². The molecule has 2 aromatic heterocycles.